The molecular formula is C28H28FN5O2. The number of benzene rings is 2. The summed E-state index contributed by atoms with van der Waals surface area (Å²) in [7, 11) is 1.84. The number of nitrogens with zero attached hydrogens (tertiary/aromatic N) is 5. The molecule has 2 aliphatic heterocycles. The highest BCUT2D eigenvalue weighted by molar-refractivity contribution is 5.98. The lowest BCUT2D eigenvalue weighted by molar-refractivity contribution is 0.0763. The molecule has 8 heteroatoms. The Morgan fingerprint density at radius 3 is 2.64 bits per heavy atom. The van der Waals surface area contributed by atoms with Gasteiger partial charge in [0, 0.05) is 54.7 Å². The van der Waals surface area contributed by atoms with Crippen molar-refractivity contribution in [1.82, 2.24) is 19.7 Å². The zero-order chi connectivity index (χ0) is 25.2. The minimum atomic E-state index is -1.06. The molecule has 184 valence electrons. The van der Waals surface area contributed by atoms with Crippen LogP contribution < -0.4 is 4.90 Å². The maximum Gasteiger partial charge on any atom is 0.256 e. The number of carbonyl (C=O) groups excluding carboxylic acids is 1. The third-order valence-corrected chi connectivity index (χ3v) is 7.23. The van der Waals surface area contributed by atoms with E-state index in [9.17, 15) is 9.90 Å². The minimum Gasteiger partial charge on any atom is -0.386 e. The van der Waals surface area contributed by atoms with Crippen LogP contribution in [-0.4, -0.2) is 43.8 Å². The maximum atomic E-state index is 15.9. The van der Waals surface area contributed by atoms with Crippen LogP contribution in [0.15, 0.2) is 48.8 Å². The predicted octanol–water partition coefficient (Wildman–Crippen LogP) is 4.37. The van der Waals surface area contributed by atoms with E-state index >= 15 is 4.39 Å². The van der Waals surface area contributed by atoms with Crippen molar-refractivity contribution in [2.45, 2.75) is 39.0 Å². The molecule has 1 N–H and O–H groups in total. The highest BCUT2D eigenvalue weighted by Crippen LogP contribution is 2.39. The average molecular weight is 486 g/mol. The summed E-state index contributed by atoms with van der Waals surface area (Å²) in [5, 5.41) is 16.1. The number of halogens is 1. The van der Waals surface area contributed by atoms with Gasteiger partial charge in [-0.1, -0.05) is 12.1 Å². The number of fused-ring (bicyclic) bond motifs is 2. The quantitative estimate of drug-likeness (QED) is 0.455. The Labute approximate surface area is 208 Å². The van der Waals surface area contributed by atoms with Crippen molar-refractivity contribution >= 4 is 22.5 Å². The van der Waals surface area contributed by atoms with E-state index in [1.807, 2.05) is 31.4 Å². The summed E-state index contributed by atoms with van der Waals surface area (Å²) in [4.78, 5) is 21.1. The molecule has 1 fully saturated rings. The number of anilines is 1. The number of aryl methyl sites for hydroxylation is 1. The molecule has 6 rings (SSSR count). The Hall–Kier alpha value is -3.78. The van der Waals surface area contributed by atoms with E-state index in [-0.39, 0.29) is 18.3 Å². The second-order valence-corrected chi connectivity index (χ2v) is 10.2. The van der Waals surface area contributed by atoms with E-state index in [4.69, 9.17) is 0 Å². The van der Waals surface area contributed by atoms with E-state index in [1.165, 1.54) is 0 Å². The van der Waals surface area contributed by atoms with Crippen LogP contribution >= 0.6 is 0 Å². The van der Waals surface area contributed by atoms with Gasteiger partial charge in [-0.25, -0.2) is 4.39 Å². The Morgan fingerprint density at radius 2 is 1.94 bits per heavy atom. The van der Waals surface area contributed by atoms with Crippen LogP contribution in [0.1, 0.15) is 47.4 Å². The third-order valence-electron chi connectivity index (χ3n) is 7.23. The number of rotatable bonds is 5. The number of carbonyl (C=O) groups is 1. The lowest BCUT2D eigenvalue weighted by Crippen LogP contribution is -2.38. The Morgan fingerprint density at radius 1 is 1.14 bits per heavy atom. The van der Waals surface area contributed by atoms with Crippen LogP contribution in [0, 0.1) is 5.82 Å². The first-order chi connectivity index (χ1) is 17.2. The SMILES string of the molecule is Cn1cc2c(-c3cc(F)c(CN4Cc5ncccc5C4=O)c(N4CCC4)c3)ccc(C(C)(C)O)c2n1. The van der Waals surface area contributed by atoms with Gasteiger partial charge < -0.3 is 14.9 Å². The number of pyridine rings is 1. The number of amides is 1. The van der Waals surface area contributed by atoms with Crippen LogP contribution in [0.25, 0.3) is 22.0 Å². The summed E-state index contributed by atoms with van der Waals surface area (Å²) >= 11 is 0. The molecule has 0 spiro atoms. The lowest BCUT2D eigenvalue weighted by atomic mass is 9.91. The molecule has 2 aromatic carbocycles. The molecule has 1 saturated heterocycles. The van der Waals surface area contributed by atoms with Crippen LogP contribution in [0.4, 0.5) is 10.1 Å². The summed E-state index contributed by atoms with van der Waals surface area (Å²) in [5.74, 6) is -0.454. The normalized spacial score (nSPS) is 15.5. The summed E-state index contributed by atoms with van der Waals surface area (Å²) in [6.45, 7) is 5.74. The second-order valence-electron chi connectivity index (χ2n) is 10.2. The summed E-state index contributed by atoms with van der Waals surface area (Å²) < 4.78 is 17.6. The molecule has 0 atom stereocenters. The lowest BCUT2D eigenvalue weighted by Gasteiger charge is -2.36. The Kier molecular flexibility index (Phi) is 5.12. The largest absolute Gasteiger partial charge is 0.386 e. The third kappa shape index (κ3) is 3.64. The standard InChI is InChI=1S/C28H28FN5O2/c1-28(2,36)22-8-7-18(20-14-32(3)31-26(20)22)17-12-23(29)21(25(13-17)33-10-5-11-33)15-34-16-24-19(27(34)35)6-4-9-30-24/h4,6-9,12-14,36H,5,10-11,15-16H2,1-3H3. The second kappa shape index (κ2) is 8.13. The van der Waals surface area contributed by atoms with Crippen molar-refractivity contribution in [3.8, 4) is 11.1 Å². The molecule has 4 heterocycles. The van der Waals surface area contributed by atoms with Gasteiger partial charge in [-0.05, 0) is 55.7 Å². The Balaban J connectivity index is 1.44. The van der Waals surface area contributed by atoms with Crippen molar-refractivity contribution in [2.24, 2.45) is 7.05 Å². The monoisotopic (exact) mass is 485 g/mol. The van der Waals surface area contributed by atoms with Gasteiger partial charge in [0.05, 0.1) is 35.5 Å². The van der Waals surface area contributed by atoms with E-state index in [2.05, 4.69) is 15.0 Å². The van der Waals surface area contributed by atoms with E-state index in [1.54, 1.807) is 47.8 Å². The molecule has 7 nitrogen and oxygen atoms in total. The minimum absolute atomic E-state index is 0.115. The molecule has 0 saturated carbocycles. The van der Waals surface area contributed by atoms with Gasteiger partial charge in [0.15, 0.2) is 0 Å². The number of hydrogen-bond donors (Lipinski definition) is 1. The van der Waals surface area contributed by atoms with E-state index in [0.29, 0.717) is 23.2 Å². The summed E-state index contributed by atoms with van der Waals surface area (Å²) in [5.41, 5.74) is 4.63. The Bertz CT molecular complexity index is 1520. The molecule has 36 heavy (non-hydrogen) atoms. The molecule has 2 aliphatic rings. The molecule has 2 aromatic heterocycles. The predicted molar refractivity (Wildman–Crippen MR) is 136 cm³/mol. The van der Waals surface area contributed by atoms with Crippen molar-refractivity contribution < 1.29 is 14.3 Å². The number of aromatic nitrogens is 3. The fourth-order valence-corrected chi connectivity index (χ4v) is 5.24. The molecule has 0 aliphatic carbocycles. The average Bonchev–Trinajstić information content (AvgIpc) is 3.32. The molecular weight excluding hydrogens is 457 g/mol. The van der Waals surface area contributed by atoms with Crippen molar-refractivity contribution in [2.75, 3.05) is 18.0 Å². The highest BCUT2D eigenvalue weighted by atomic mass is 19.1. The zero-order valence-corrected chi connectivity index (χ0v) is 20.6. The van der Waals surface area contributed by atoms with Gasteiger partial charge in [-0.3, -0.25) is 14.5 Å². The van der Waals surface area contributed by atoms with Crippen LogP contribution in [0.5, 0.6) is 0 Å². The van der Waals surface area contributed by atoms with Gasteiger partial charge in [0.2, 0.25) is 0 Å². The van der Waals surface area contributed by atoms with Crippen molar-refractivity contribution in [3.63, 3.8) is 0 Å². The van der Waals surface area contributed by atoms with E-state index < -0.39 is 5.60 Å². The summed E-state index contributed by atoms with van der Waals surface area (Å²) in [6.07, 6.45) is 4.64. The molecule has 0 bridgehead atoms. The summed E-state index contributed by atoms with van der Waals surface area (Å²) in [6, 6.07) is 10.9. The van der Waals surface area contributed by atoms with Crippen LogP contribution in [-0.2, 0) is 25.7 Å². The first kappa shape index (κ1) is 22.7. The number of aliphatic hydroxyl groups is 1. The topological polar surface area (TPSA) is 74.5 Å². The van der Waals surface area contributed by atoms with Gasteiger partial charge in [-0.15, -0.1) is 0 Å². The zero-order valence-electron chi connectivity index (χ0n) is 20.6. The van der Waals surface area contributed by atoms with Gasteiger partial charge in [0.25, 0.3) is 5.91 Å². The first-order valence-corrected chi connectivity index (χ1v) is 12.2. The van der Waals surface area contributed by atoms with Crippen LogP contribution in [0.2, 0.25) is 0 Å². The molecule has 4 aromatic rings. The number of hydrogen-bond acceptors (Lipinski definition) is 5. The molecule has 0 unspecified atom stereocenters. The van der Waals surface area contributed by atoms with Gasteiger partial charge in [0.1, 0.15) is 5.82 Å². The smallest absolute Gasteiger partial charge is 0.256 e. The fourth-order valence-electron chi connectivity index (χ4n) is 5.24. The van der Waals surface area contributed by atoms with Crippen molar-refractivity contribution in [1.29, 1.82) is 0 Å². The fraction of sp³-hybridized carbons (Fsp3) is 0.321. The molecule has 0 radical (unpaired) electrons. The van der Waals surface area contributed by atoms with E-state index in [0.717, 1.165) is 53.0 Å². The van der Waals surface area contributed by atoms with Crippen molar-refractivity contribution in [3.05, 3.63) is 77.0 Å². The molecule has 1 amide bonds. The van der Waals surface area contributed by atoms with Gasteiger partial charge in [-0.2, -0.15) is 5.10 Å². The highest BCUT2D eigenvalue weighted by Gasteiger charge is 2.31. The maximum absolute atomic E-state index is 15.9. The van der Waals surface area contributed by atoms with Crippen LogP contribution in [0.3, 0.4) is 0 Å². The first-order valence-electron chi connectivity index (χ1n) is 12.2. The van der Waals surface area contributed by atoms with Gasteiger partial charge >= 0.3 is 0 Å².